The molecule has 2 unspecified atom stereocenters. The number of hydrogen-bond donors (Lipinski definition) is 8. The van der Waals surface area contributed by atoms with E-state index in [2.05, 4.69) is 47.4 Å². The van der Waals surface area contributed by atoms with E-state index in [0.29, 0.717) is 19.3 Å². The highest BCUT2D eigenvalue weighted by Gasteiger charge is 2.46. The van der Waals surface area contributed by atoms with Gasteiger partial charge in [-0.05, 0) is 70.3 Å². The Morgan fingerprint density at radius 2 is 1.34 bits per heavy atom. The Labute approximate surface area is 428 Å². The summed E-state index contributed by atoms with van der Waals surface area (Å²) in [5.74, 6) is -1.71. The highest BCUT2D eigenvalue weighted by Crippen LogP contribution is 2.60. The molecule has 73 heavy (non-hydrogen) atoms. The number of esters is 2. The highest BCUT2D eigenvalue weighted by molar-refractivity contribution is 7.61. The van der Waals surface area contributed by atoms with Gasteiger partial charge in [0.15, 0.2) is 12.3 Å². The van der Waals surface area contributed by atoms with Crippen LogP contribution in [0.5, 0.6) is 0 Å². The largest absolute Gasteiger partial charge is 0.481 e. The number of phosphoric ester groups is 2. The van der Waals surface area contributed by atoms with Gasteiger partial charge in [-0.3, -0.25) is 23.2 Å². The van der Waals surface area contributed by atoms with E-state index >= 15 is 0 Å². The van der Waals surface area contributed by atoms with Gasteiger partial charge in [0, 0.05) is 19.0 Å². The summed E-state index contributed by atoms with van der Waals surface area (Å²) in [5.41, 5.74) is 4.54. The molecule has 1 aromatic rings. The van der Waals surface area contributed by atoms with Crippen molar-refractivity contribution in [3.05, 3.63) is 108 Å². The van der Waals surface area contributed by atoms with Crippen molar-refractivity contribution in [1.29, 1.82) is 0 Å². The molecule has 10 atom stereocenters. The second kappa shape index (κ2) is 37.5. The molecule has 23 heteroatoms. The molecule has 0 spiro atoms. The molecule has 1 aliphatic rings. The summed E-state index contributed by atoms with van der Waals surface area (Å²) < 4.78 is 56.4. The van der Waals surface area contributed by atoms with Crippen LogP contribution in [0.15, 0.2) is 102 Å². The van der Waals surface area contributed by atoms with Crippen LogP contribution in [-0.2, 0) is 46.3 Å². The Balaban J connectivity index is 1.93. The van der Waals surface area contributed by atoms with Crippen LogP contribution in [-0.4, -0.2) is 119 Å². The number of rotatable bonds is 39. The Hall–Kier alpha value is -4.18. The van der Waals surface area contributed by atoms with E-state index in [9.17, 15) is 58.8 Å². The second-order valence-electron chi connectivity index (χ2n) is 17.2. The molecule has 0 amide bonds. The molecule has 1 aromatic heterocycles. The van der Waals surface area contributed by atoms with Crippen LogP contribution in [0.25, 0.3) is 0 Å². The van der Waals surface area contributed by atoms with Crippen molar-refractivity contribution in [2.75, 3.05) is 25.6 Å². The lowest BCUT2D eigenvalue weighted by molar-refractivity contribution is -0.161. The quantitative estimate of drug-likeness (QED) is 0.0110. The number of nitrogen functional groups attached to an aromatic ring is 1. The number of ether oxygens (including phenoxy) is 3. The van der Waals surface area contributed by atoms with Gasteiger partial charge in [0.05, 0.1) is 31.5 Å². The van der Waals surface area contributed by atoms with Gasteiger partial charge in [0.2, 0.25) is 0 Å². The van der Waals surface area contributed by atoms with Gasteiger partial charge in [-0.25, -0.2) is 13.9 Å². The minimum absolute atomic E-state index is 0.0000417. The van der Waals surface area contributed by atoms with E-state index in [0.717, 1.165) is 55.7 Å². The zero-order chi connectivity index (χ0) is 53.9. The standard InChI is InChI=1S/C50H79N3O18P2/c1-3-5-7-8-9-10-11-12-13-14-15-16-17-22-26-32-45(57)66-36-40(69-46(58)33-27-31-42(56)41(55)30-25-21-19-18-20-24-29-39(54)28-23-6-4-2)37-67-72(62,63)71-73(64,65)68-38-43-47(59)48(60)49(70-43)53-35-34-44(51)52-50(53)61/h9-10,12-13,15-16,18-21,24-25,29-30,34-35,39-43,47-49,54-56,59-60H,3-8,11,14,17,22-23,26-28,31-33,36-38H2,1-2H3,(H,62,63)(H,64,65)(H2,51,52,61)/b10-9-,13-12-,16-15-,20-18-,21-19+,29-24+,30-25+/t39-,40+,41-,42-,43+,47+,48+,49+/m0/s1. The summed E-state index contributed by atoms with van der Waals surface area (Å²) in [4.78, 5) is 61.9. The molecule has 0 saturated carbocycles. The topological polar surface area (TPSA) is 326 Å². The van der Waals surface area contributed by atoms with Crippen molar-refractivity contribution >= 4 is 33.4 Å². The zero-order valence-electron chi connectivity index (χ0n) is 42.0. The minimum Gasteiger partial charge on any atom is -0.462 e. The monoisotopic (exact) mass is 1070 g/mol. The lowest BCUT2D eigenvalue weighted by Gasteiger charge is -2.21. The molecular weight excluding hydrogens is 993 g/mol. The number of aromatic nitrogens is 2. The number of nitrogens with two attached hydrogens (primary N) is 1. The Kier molecular flexibility index (Phi) is 33.4. The summed E-state index contributed by atoms with van der Waals surface area (Å²) in [6, 6.07) is 1.22. The van der Waals surface area contributed by atoms with E-state index < -0.39 is 102 Å². The summed E-state index contributed by atoms with van der Waals surface area (Å²) in [6.45, 7) is 1.63. The number of aliphatic hydroxyl groups is 5. The van der Waals surface area contributed by atoms with E-state index in [1.807, 2.05) is 12.2 Å². The van der Waals surface area contributed by atoms with Crippen molar-refractivity contribution in [2.24, 2.45) is 0 Å². The van der Waals surface area contributed by atoms with E-state index in [4.69, 9.17) is 29.0 Å². The number of phosphoric acid groups is 2. The van der Waals surface area contributed by atoms with Gasteiger partial charge in [-0.2, -0.15) is 9.29 Å². The van der Waals surface area contributed by atoms with Crippen LogP contribution >= 0.6 is 15.6 Å². The molecule has 1 saturated heterocycles. The normalized spacial score (nSPS) is 21.0. The molecule has 1 fully saturated rings. The summed E-state index contributed by atoms with van der Waals surface area (Å²) in [6.07, 6.45) is 27.4. The molecule has 0 radical (unpaired) electrons. The van der Waals surface area contributed by atoms with E-state index in [1.54, 1.807) is 36.5 Å². The van der Waals surface area contributed by atoms with Crippen LogP contribution in [0.2, 0.25) is 0 Å². The fraction of sp³-hybridized carbons (Fsp3) is 0.600. The molecule has 21 nitrogen and oxygen atoms in total. The average molecular weight is 1070 g/mol. The number of allylic oxidation sites excluding steroid dienone is 12. The van der Waals surface area contributed by atoms with Gasteiger partial charge in [-0.15, -0.1) is 0 Å². The first-order valence-corrected chi connectivity index (χ1v) is 27.9. The number of nitrogens with zero attached hydrogens (tertiary/aromatic N) is 2. The smallest absolute Gasteiger partial charge is 0.462 e. The maximum atomic E-state index is 12.9. The molecule has 9 N–H and O–H groups in total. The van der Waals surface area contributed by atoms with Crippen molar-refractivity contribution < 1.29 is 81.6 Å². The van der Waals surface area contributed by atoms with Gasteiger partial charge in [-0.1, -0.05) is 131 Å². The summed E-state index contributed by atoms with van der Waals surface area (Å²) in [7, 11) is -11.0. The van der Waals surface area contributed by atoms with E-state index in [-0.39, 0.29) is 31.5 Å². The number of hydrogen-bond acceptors (Lipinski definition) is 18. The Morgan fingerprint density at radius 1 is 0.753 bits per heavy atom. The van der Waals surface area contributed by atoms with Crippen LogP contribution < -0.4 is 11.4 Å². The summed E-state index contributed by atoms with van der Waals surface area (Å²) in [5, 5.41) is 51.6. The molecule has 2 heterocycles. The third-order valence-electron chi connectivity index (χ3n) is 10.8. The van der Waals surface area contributed by atoms with Crippen molar-refractivity contribution in [3.8, 4) is 0 Å². The number of aliphatic hydroxyl groups excluding tert-OH is 5. The predicted molar refractivity (Wildman–Crippen MR) is 274 cm³/mol. The number of anilines is 1. The van der Waals surface area contributed by atoms with Crippen molar-refractivity contribution in [2.45, 2.75) is 172 Å². The third-order valence-corrected chi connectivity index (χ3v) is 13.4. The predicted octanol–water partition coefficient (Wildman–Crippen LogP) is 6.80. The first-order valence-electron chi connectivity index (χ1n) is 24.9. The lowest BCUT2D eigenvalue weighted by Crippen LogP contribution is -2.36. The summed E-state index contributed by atoms with van der Waals surface area (Å²) >= 11 is 0. The maximum absolute atomic E-state index is 12.9. The minimum atomic E-state index is -5.53. The highest BCUT2D eigenvalue weighted by atomic mass is 31.3. The van der Waals surface area contributed by atoms with Crippen molar-refractivity contribution in [3.63, 3.8) is 0 Å². The van der Waals surface area contributed by atoms with E-state index in [1.165, 1.54) is 37.5 Å². The molecule has 0 aliphatic carbocycles. The zero-order valence-corrected chi connectivity index (χ0v) is 43.8. The second-order valence-corrected chi connectivity index (χ2v) is 20.2. The Morgan fingerprint density at radius 3 is 2.00 bits per heavy atom. The fourth-order valence-electron chi connectivity index (χ4n) is 6.76. The Bertz CT molecular complexity index is 2110. The molecule has 412 valence electrons. The first-order chi connectivity index (χ1) is 34.9. The molecular formula is C50H79N3O18P2. The van der Waals surface area contributed by atoms with Gasteiger partial charge >= 0.3 is 33.3 Å². The van der Waals surface area contributed by atoms with Crippen LogP contribution in [0.4, 0.5) is 5.82 Å². The van der Waals surface area contributed by atoms with Gasteiger partial charge < -0.3 is 55.3 Å². The molecule has 0 bridgehead atoms. The fourth-order valence-corrected chi connectivity index (χ4v) is 8.87. The van der Waals surface area contributed by atoms with Crippen molar-refractivity contribution in [1.82, 2.24) is 9.55 Å². The number of carbonyl (C=O) groups excluding carboxylic acids is 2. The number of carbonyl (C=O) groups is 2. The molecule has 2 rings (SSSR count). The lowest BCUT2D eigenvalue weighted by atomic mass is 10.1. The van der Waals surface area contributed by atoms with Crippen LogP contribution in [0.3, 0.4) is 0 Å². The third kappa shape index (κ3) is 30.1. The van der Waals surface area contributed by atoms with Gasteiger partial charge in [0.25, 0.3) is 0 Å². The van der Waals surface area contributed by atoms with Crippen LogP contribution in [0.1, 0.15) is 129 Å². The number of unbranched alkanes of at least 4 members (excludes halogenated alkanes) is 7. The van der Waals surface area contributed by atoms with Crippen LogP contribution in [0, 0.1) is 0 Å². The first kappa shape index (κ1) is 64.9. The molecule has 0 aromatic carbocycles. The SMILES string of the molecule is CCCCC/C=C\C/C=C\C/C=C\CCCCC(=O)OC[C@H](COP(=O)(O)OP(=O)(O)OC[C@H]1O[C@@H](n2ccc(N)nc2=O)[C@H](O)[C@@H]1O)OC(=O)CCC[C@H](O)[C@@H](O)/C=C/C=C/C=C\C=C\[C@@H](O)CCCCC. The maximum Gasteiger partial charge on any atom is 0.481 e. The average Bonchev–Trinajstić information content (AvgIpc) is 3.62. The molecule has 1 aliphatic heterocycles. The van der Waals surface area contributed by atoms with Gasteiger partial charge in [0.1, 0.15) is 30.7 Å².